The monoisotopic (exact) mass is 311 g/mol. The SMILES string of the molecule is CCC1CCCCCN1c1cc(N)cc(S(N)(=O)=O)c1C. The predicted octanol–water partition coefficient (Wildman–Crippen LogP) is 2.38. The molecule has 0 spiro atoms. The van der Waals surface area contributed by atoms with Crippen molar-refractivity contribution in [2.75, 3.05) is 17.2 Å². The number of nitrogens with two attached hydrogens (primary N) is 2. The van der Waals surface area contributed by atoms with Crippen molar-refractivity contribution in [2.24, 2.45) is 5.14 Å². The van der Waals surface area contributed by atoms with E-state index in [1.54, 1.807) is 0 Å². The van der Waals surface area contributed by atoms with E-state index < -0.39 is 10.0 Å². The first-order valence-electron chi connectivity index (χ1n) is 7.54. The van der Waals surface area contributed by atoms with Gasteiger partial charge in [-0.1, -0.05) is 19.8 Å². The summed E-state index contributed by atoms with van der Waals surface area (Å²) in [6, 6.07) is 3.76. The molecule has 1 saturated heterocycles. The van der Waals surface area contributed by atoms with Gasteiger partial charge in [-0.25, -0.2) is 13.6 Å². The summed E-state index contributed by atoms with van der Waals surface area (Å²) < 4.78 is 23.5. The van der Waals surface area contributed by atoms with Gasteiger partial charge in [0, 0.05) is 24.0 Å². The molecule has 2 rings (SSSR count). The van der Waals surface area contributed by atoms with Crippen molar-refractivity contribution in [1.29, 1.82) is 0 Å². The molecule has 6 heteroatoms. The number of benzene rings is 1. The number of nitrogen functional groups attached to an aromatic ring is 1. The molecule has 4 N–H and O–H groups in total. The van der Waals surface area contributed by atoms with Crippen LogP contribution in [-0.4, -0.2) is 21.0 Å². The number of rotatable bonds is 3. The molecule has 1 fully saturated rings. The number of primary sulfonamides is 1. The van der Waals surface area contributed by atoms with E-state index in [9.17, 15) is 8.42 Å². The standard InChI is InChI=1S/C15H25N3O2S/c1-3-13-7-5-4-6-8-18(13)14-9-12(16)10-15(11(14)2)21(17,19)20/h9-10,13H,3-8,16H2,1-2H3,(H2,17,19,20). The number of hydrogen-bond acceptors (Lipinski definition) is 4. The van der Waals surface area contributed by atoms with Gasteiger partial charge in [0.05, 0.1) is 4.90 Å². The highest BCUT2D eigenvalue weighted by atomic mass is 32.2. The maximum absolute atomic E-state index is 11.8. The van der Waals surface area contributed by atoms with Crippen LogP contribution in [0.1, 0.15) is 44.6 Å². The lowest BCUT2D eigenvalue weighted by Gasteiger charge is -2.33. The molecule has 5 nitrogen and oxygen atoms in total. The van der Waals surface area contributed by atoms with Crippen molar-refractivity contribution in [1.82, 2.24) is 0 Å². The maximum atomic E-state index is 11.8. The summed E-state index contributed by atoms with van der Waals surface area (Å²) in [5, 5.41) is 5.32. The number of sulfonamides is 1. The fourth-order valence-corrected chi connectivity index (χ4v) is 4.04. The molecule has 0 aromatic heterocycles. The van der Waals surface area contributed by atoms with Crippen LogP contribution in [0.2, 0.25) is 0 Å². The van der Waals surface area contributed by atoms with E-state index in [-0.39, 0.29) is 4.90 Å². The Bertz CT molecular complexity index is 614. The van der Waals surface area contributed by atoms with E-state index in [0.717, 1.165) is 31.5 Å². The van der Waals surface area contributed by atoms with Gasteiger partial charge in [-0.3, -0.25) is 0 Å². The Hall–Kier alpha value is -1.27. The second kappa shape index (κ2) is 6.23. The van der Waals surface area contributed by atoms with Gasteiger partial charge in [0.2, 0.25) is 10.0 Å². The smallest absolute Gasteiger partial charge is 0.238 e. The molecular weight excluding hydrogens is 286 g/mol. The molecule has 0 aliphatic carbocycles. The summed E-state index contributed by atoms with van der Waals surface area (Å²) in [5.41, 5.74) is 7.97. The van der Waals surface area contributed by atoms with E-state index in [1.165, 1.54) is 18.9 Å². The van der Waals surface area contributed by atoms with Crippen molar-refractivity contribution < 1.29 is 8.42 Å². The van der Waals surface area contributed by atoms with E-state index in [4.69, 9.17) is 10.9 Å². The molecule has 1 aromatic rings. The molecule has 1 atom stereocenters. The van der Waals surface area contributed by atoms with Crippen LogP contribution in [0.15, 0.2) is 17.0 Å². The largest absolute Gasteiger partial charge is 0.399 e. The Balaban J connectivity index is 2.54. The van der Waals surface area contributed by atoms with Crippen LogP contribution in [0.3, 0.4) is 0 Å². The first-order chi connectivity index (χ1) is 9.84. The molecule has 21 heavy (non-hydrogen) atoms. The van der Waals surface area contributed by atoms with Gasteiger partial charge in [0.25, 0.3) is 0 Å². The molecule has 0 saturated carbocycles. The third-order valence-corrected chi connectivity index (χ3v) is 5.36. The topological polar surface area (TPSA) is 89.4 Å². The summed E-state index contributed by atoms with van der Waals surface area (Å²) in [6.45, 7) is 4.92. The van der Waals surface area contributed by atoms with E-state index in [0.29, 0.717) is 17.3 Å². The molecular formula is C15H25N3O2S. The first-order valence-corrected chi connectivity index (χ1v) is 9.08. The van der Waals surface area contributed by atoms with Crippen molar-refractivity contribution in [2.45, 2.75) is 56.9 Å². The summed E-state index contributed by atoms with van der Waals surface area (Å²) in [7, 11) is -3.76. The van der Waals surface area contributed by atoms with Gasteiger partial charge < -0.3 is 10.6 Å². The highest BCUT2D eigenvalue weighted by Gasteiger charge is 2.24. The van der Waals surface area contributed by atoms with Gasteiger partial charge >= 0.3 is 0 Å². The summed E-state index contributed by atoms with van der Waals surface area (Å²) in [4.78, 5) is 2.45. The zero-order chi connectivity index (χ0) is 15.6. The van der Waals surface area contributed by atoms with Crippen molar-refractivity contribution in [3.8, 4) is 0 Å². The summed E-state index contributed by atoms with van der Waals surface area (Å²) in [5.74, 6) is 0. The second-order valence-corrected chi connectivity index (χ2v) is 7.34. The lowest BCUT2D eigenvalue weighted by atomic mass is 10.1. The summed E-state index contributed by atoms with van der Waals surface area (Å²) in [6.07, 6.45) is 5.73. The molecule has 1 heterocycles. The van der Waals surface area contributed by atoms with Crippen LogP contribution in [0.25, 0.3) is 0 Å². The molecule has 1 unspecified atom stereocenters. The van der Waals surface area contributed by atoms with E-state index >= 15 is 0 Å². The number of anilines is 2. The quantitative estimate of drug-likeness (QED) is 0.839. The van der Waals surface area contributed by atoms with Crippen molar-refractivity contribution in [3.05, 3.63) is 17.7 Å². The highest BCUT2D eigenvalue weighted by Crippen LogP contribution is 2.33. The Morgan fingerprint density at radius 3 is 2.62 bits per heavy atom. The fraction of sp³-hybridized carbons (Fsp3) is 0.600. The van der Waals surface area contributed by atoms with Gasteiger partial charge in [-0.15, -0.1) is 0 Å². The second-order valence-electron chi connectivity index (χ2n) is 5.81. The average molecular weight is 311 g/mol. The van der Waals surface area contributed by atoms with Crippen LogP contribution >= 0.6 is 0 Å². The third-order valence-electron chi connectivity index (χ3n) is 4.32. The predicted molar refractivity (Wildman–Crippen MR) is 86.9 cm³/mol. The minimum absolute atomic E-state index is 0.136. The normalized spacial score (nSPS) is 20.3. The molecule has 0 radical (unpaired) electrons. The third kappa shape index (κ3) is 3.49. The van der Waals surface area contributed by atoms with Crippen molar-refractivity contribution >= 4 is 21.4 Å². The lowest BCUT2D eigenvalue weighted by molar-refractivity contribution is 0.555. The molecule has 1 aliphatic heterocycles. The van der Waals surface area contributed by atoms with Crippen LogP contribution in [0.5, 0.6) is 0 Å². The highest BCUT2D eigenvalue weighted by molar-refractivity contribution is 7.89. The molecule has 0 bridgehead atoms. The van der Waals surface area contributed by atoms with Gasteiger partial charge in [0.15, 0.2) is 0 Å². The summed E-state index contributed by atoms with van der Waals surface area (Å²) >= 11 is 0. The zero-order valence-electron chi connectivity index (χ0n) is 12.8. The van der Waals surface area contributed by atoms with Gasteiger partial charge in [-0.2, -0.15) is 0 Å². The Labute approximate surface area is 127 Å². The van der Waals surface area contributed by atoms with Gasteiger partial charge in [0.1, 0.15) is 0 Å². The van der Waals surface area contributed by atoms with Crippen LogP contribution in [0.4, 0.5) is 11.4 Å². The fourth-order valence-electron chi connectivity index (χ4n) is 3.21. The average Bonchev–Trinajstić information content (AvgIpc) is 2.64. The van der Waals surface area contributed by atoms with E-state index in [2.05, 4.69) is 11.8 Å². The molecule has 0 amide bonds. The first kappa shape index (κ1) is 16.1. The van der Waals surface area contributed by atoms with Crippen LogP contribution in [-0.2, 0) is 10.0 Å². The van der Waals surface area contributed by atoms with Crippen molar-refractivity contribution in [3.63, 3.8) is 0 Å². The Morgan fingerprint density at radius 1 is 1.29 bits per heavy atom. The Kier molecular flexibility index (Phi) is 4.78. The minimum Gasteiger partial charge on any atom is -0.399 e. The number of hydrogen-bond donors (Lipinski definition) is 2. The van der Waals surface area contributed by atoms with Gasteiger partial charge in [-0.05, 0) is 43.9 Å². The minimum atomic E-state index is -3.76. The molecule has 118 valence electrons. The molecule has 1 aromatic carbocycles. The zero-order valence-corrected chi connectivity index (χ0v) is 13.6. The molecule has 1 aliphatic rings. The Morgan fingerprint density at radius 2 is 2.00 bits per heavy atom. The number of nitrogens with zero attached hydrogens (tertiary/aromatic N) is 1. The van der Waals surface area contributed by atoms with E-state index in [1.807, 2.05) is 13.0 Å². The van der Waals surface area contributed by atoms with Crippen LogP contribution in [0, 0.1) is 6.92 Å². The van der Waals surface area contributed by atoms with Crippen LogP contribution < -0.4 is 15.8 Å². The maximum Gasteiger partial charge on any atom is 0.238 e. The lowest BCUT2D eigenvalue weighted by Crippen LogP contribution is -2.35.